The van der Waals surface area contributed by atoms with Crippen LogP contribution in [0.25, 0.3) is 21.5 Å². The van der Waals surface area contributed by atoms with Crippen molar-refractivity contribution in [1.29, 1.82) is 0 Å². The van der Waals surface area contributed by atoms with Crippen molar-refractivity contribution >= 4 is 37.5 Å². The predicted octanol–water partition coefficient (Wildman–Crippen LogP) is 11.6. The van der Waals surface area contributed by atoms with Gasteiger partial charge >= 0.3 is 0 Å². The van der Waals surface area contributed by atoms with E-state index >= 15 is 0 Å². The molecule has 0 bridgehead atoms. The van der Waals surface area contributed by atoms with Crippen molar-refractivity contribution in [2.75, 3.05) is 11.9 Å². The van der Waals surface area contributed by atoms with Crippen molar-refractivity contribution in [3.8, 4) is 11.5 Å². The maximum atomic E-state index is 9.13. The number of benzene rings is 4. The summed E-state index contributed by atoms with van der Waals surface area (Å²) in [6.07, 6.45) is 10.5. The van der Waals surface area contributed by atoms with Crippen molar-refractivity contribution in [3.63, 3.8) is 0 Å². The molecule has 0 fully saturated rings. The first kappa shape index (κ1) is 32.7. The third-order valence-electron chi connectivity index (χ3n) is 7.24. The standard InChI is InChI=1S/C18H24O.C10H8O.C8H17Br/c1-3-5-8-15(4-2)14-19-18-12-11-16-9-6-7-10-17(16)13-18;11-10-6-5-8-3-1-2-4-9(8)7-10;1-3-5-6-8(4-2)7-9/h6-7,9-13,15H,3-5,8,14H2,1-2H3;1-7,11H;8H,3-7H2,1-2H3. The van der Waals surface area contributed by atoms with Gasteiger partial charge in [-0.05, 0) is 70.5 Å². The van der Waals surface area contributed by atoms with Gasteiger partial charge in [0, 0.05) is 5.33 Å². The molecule has 1 N–H and O–H groups in total. The summed E-state index contributed by atoms with van der Waals surface area (Å²) in [5.41, 5.74) is 0. The number of hydrogen-bond acceptors (Lipinski definition) is 2. The van der Waals surface area contributed by atoms with Gasteiger partial charge in [0.2, 0.25) is 0 Å². The van der Waals surface area contributed by atoms with Gasteiger partial charge in [-0.25, -0.2) is 0 Å². The molecule has 0 saturated heterocycles. The number of fused-ring (bicyclic) bond motifs is 2. The Labute approximate surface area is 245 Å². The van der Waals surface area contributed by atoms with E-state index in [4.69, 9.17) is 9.84 Å². The van der Waals surface area contributed by atoms with Crippen LogP contribution in [-0.4, -0.2) is 17.0 Å². The Morgan fingerprint density at radius 2 is 1.15 bits per heavy atom. The highest BCUT2D eigenvalue weighted by Crippen LogP contribution is 2.22. The maximum Gasteiger partial charge on any atom is 0.119 e. The summed E-state index contributed by atoms with van der Waals surface area (Å²) >= 11 is 3.51. The molecule has 2 nitrogen and oxygen atoms in total. The average Bonchev–Trinajstić information content (AvgIpc) is 2.98. The van der Waals surface area contributed by atoms with E-state index in [0.717, 1.165) is 29.0 Å². The molecule has 4 aromatic carbocycles. The van der Waals surface area contributed by atoms with E-state index in [1.54, 1.807) is 12.1 Å². The highest BCUT2D eigenvalue weighted by Gasteiger charge is 2.07. The van der Waals surface area contributed by atoms with Gasteiger partial charge in [0.05, 0.1) is 6.61 Å². The van der Waals surface area contributed by atoms with E-state index in [1.807, 2.05) is 30.3 Å². The fraction of sp³-hybridized carbons (Fsp3) is 0.444. The minimum atomic E-state index is 0.323. The van der Waals surface area contributed by atoms with Gasteiger partial charge in [-0.2, -0.15) is 0 Å². The number of ether oxygens (including phenoxy) is 1. The normalized spacial score (nSPS) is 12.1. The van der Waals surface area contributed by atoms with E-state index < -0.39 is 0 Å². The second-order valence-electron chi connectivity index (χ2n) is 10.3. The molecule has 0 aliphatic carbocycles. The summed E-state index contributed by atoms with van der Waals surface area (Å²) in [7, 11) is 0. The summed E-state index contributed by atoms with van der Waals surface area (Å²) in [5, 5.41) is 15.1. The van der Waals surface area contributed by atoms with E-state index in [2.05, 4.69) is 86.1 Å². The summed E-state index contributed by atoms with van der Waals surface area (Å²) in [6, 6.07) is 28.1. The monoisotopic (exact) mass is 592 g/mol. The molecule has 0 spiro atoms. The second kappa shape index (κ2) is 19.5. The van der Waals surface area contributed by atoms with Gasteiger partial charge in [0.15, 0.2) is 0 Å². The summed E-state index contributed by atoms with van der Waals surface area (Å²) in [4.78, 5) is 0. The highest BCUT2D eigenvalue weighted by molar-refractivity contribution is 9.09. The molecular formula is C36H49BrO2. The van der Waals surface area contributed by atoms with Crippen LogP contribution in [0.15, 0.2) is 84.9 Å². The zero-order chi connectivity index (χ0) is 28.3. The maximum absolute atomic E-state index is 9.13. The Bertz CT molecular complexity index is 1180. The first-order valence-corrected chi connectivity index (χ1v) is 16.0. The molecule has 4 rings (SSSR count). The van der Waals surface area contributed by atoms with Gasteiger partial charge in [-0.3, -0.25) is 0 Å². The molecule has 0 aliphatic rings. The predicted molar refractivity (Wildman–Crippen MR) is 175 cm³/mol. The van der Waals surface area contributed by atoms with E-state index in [0.29, 0.717) is 11.7 Å². The third kappa shape index (κ3) is 12.5. The number of hydrogen-bond donors (Lipinski definition) is 1. The number of unbranched alkanes of at least 4 members (excludes halogenated alkanes) is 2. The molecule has 0 saturated carbocycles. The minimum Gasteiger partial charge on any atom is -0.508 e. The Kier molecular flexibility index (Phi) is 16.4. The van der Waals surface area contributed by atoms with Crippen LogP contribution in [0.5, 0.6) is 11.5 Å². The second-order valence-corrected chi connectivity index (χ2v) is 11.0. The highest BCUT2D eigenvalue weighted by atomic mass is 79.9. The molecule has 2 unspecified atom stereocenters. The molecule has 0 radical (unpaired) electrons. The van der Waals surface area contributed by atoms with Crippen LogP contribution in [-0.2, 0) is 0 Å². The molecule has 0 heterocycles. The zero-order valence-electron chi connectivity index (χ0n) is 24.5. The molecular weight excluding hydrogens is 544 g/mol. The number of phenols is 1. The van der Waals surface area contributed by atoms with E-state index in [-0.39, 0.29) is 0 Å². The number of aromatic hydroxyl groups is 1. The van der Waals surface area contributed by atoms with Crippen molar-refractivity contribution in [3.05, 3.63) is 84.9 Å². The summed E-state index contributed by atoms with van der Waals surface area (Å²) < 4.78 is 5.96. The van der Waals surface area contributed by atoms with Crippen LogP contribution in [0.4, 0.5) is 0 Å². The molecule has 0 aliphatic heterocycles. The Morgan fingerprint density at radius 1 is 0.641 bits per heavy atom. The van der Waals surface area contributed by atoms with Gasteiger partial charge in [0.1, 0.15) is 11.5 Å². The fourth-order valence-electron chi connectivity index (χ4n) is 4.43. The lowest BCUT2D eigenvalue weighted by Crippen LogP contribution is -2.11. The lowest BCUT2D eigenvalue weighted by molar-refractivity contribution is 0.233. The van der Waals surface area contributed by atoms with Gasteiger partial charge in [-0.1, -0.05) is 143 Å². The van der Waals surface area contributed by atoms with Gasteiger partial charge < -0.3 is 9.84 Å². The molecule has 39 heavy (non-hydrogen) atoms. The average molecular weight is 594 g/mol. The van der Waals surface area contributed by atoms with E-state index in [9.17, 15) is 0 Å². The molecule has 0 amide bonds. The lowest BCUT2D eigenvalue weighted by atomic mass is 10.0. The third-order valence-corrected chi connectivity index (χ3v) is 8.16. The first-order chi connectivity index (χ1) is 19.0. The number of alkyl halides is 1. The molecule has 3 heteroatoms. The Morgan fingerprint density at radius 3 is 1.69 bits per heavy atom. The Balaban J connectivity index is 0.000000226. The van der Waals surface area contributed by atoms with Gasteiger partial charge in [0.25, 0.3) is 0 Å². The van der Waals surface area contributed by atoms with Crippen LogP contribution >= 0.6 is 15.9 Å². The Hall–Kier alpha value is -2.52. The molecule has 0 aromatic heterocycles. The topological polar surface area (TPSA) is 29.5 Å². The zero-order valence-corrected chi connectivity index (χ0v) is 26.1. The number of phenolic OH excluding ortho intramolecular Hbond substituents is 1. The molecule has 2 atom stereocenters. The summed E-state index contributed by atoms with van der Waals surface area (Å²) in [6.45, 7) is 9.86. The van der Waals surface area contributed by atoms with Crippen LogP contribution in [0, 0.1) is 11.8 Å². The van der Waals surface area contributed by atoms with Crippen LogP contribution in [0.2, 0.25) is 0 Å². The van der Waals surface area contributed by atoms with Gasteiger partial charge in [-0.15, -0.1) is 0 Å². The largest absolute Gasteiger partial charge is 0.508 e. The lowest BCUT2D eigenvalue weighted by Gasteiger charge is -2.15. The van der Waals surface area contributed by atoms with Crippen molar-refractivity contribution < 1.29 is 9.84 Å². The number of rotatable bonds is 12. The van der Waals surface area contributed by atoms with Crippen LogP contribution in [0.3, 0.4) is 0 Å². The molecule has 212 valence electrons. The quantitative estimate of drug-likeness (QED) is 0.166. The SMILES string of the molecule is CCCCC(CC)CBr.CCCCC(CC)COc1ccc2ccccc2c1.Oc1ccc2ccccc2c1. The summed E-state index contributed by atoms with van der Waals surface area (Å²) in [5.74, 6) is 2.92. The fourth-order valence-corrected chi connectivity index (χ4v) is 5.21. The van der Waals surface area contributed by atoms with Crippen molar-refractivity contribution in [2.24, 2.45) is 11.8 Å². The van der Waals surface area contributed by atoms with E-state index in [1.165, 1.54) is 67.5 Å². The molecule has 4 aromatic rings. The van der Waals surface area contributed by atoms with Crippen LogP contribution < -0.4 is 4.74 Å². The van der Waals surface area contributed by atoms with Crippen molar-refractivity contribution in [2.45, 2.75) is 79.1 Å². The first-order valence-electron chi connectivity index (χ1n) is 14.9. The minimum absolute atomic E-state index is 0.323. The number of halogens is 1. The smallest absolute Gasteiger partial charge is 0.119 e. The van der Waals surface area contributed by atoms with Crippen LogP contribution in [0.1, 0.15) is 79.1 Å². The van der Waals surface area contributed by atoms with Crippen molar-refractivity contribution in [1.82, 2.24) is 0 Å².